The van der Waals surface area contributed by atoms with Gasteiger partial charge in [-0.3, -0.25) is 14.4 Å². The first kappa shape index (κ1) is 22.3. The largest absolute Gasteiger partial charge is 0.476 e. The topological polar surface area (TPSA) is 85.6 Å². The van der Waals surface area contributed by atoms with Crippen LogP contribution in [-0.4, -0.2) is 18.3 Å². The molecule has 0 aliphatic carbocycles. The molecule has 0 aliphatic rings. The van der Waals surface area contributed by atoms with Gasteiger partial charge in [0.05, 0.1) is 5.39 Å². The molecule has 0 unspecified atom stereocenters. The van der Waals surface area contributed by atoms with Crippen molar-refractivity contribution >= 4 is 39.9 Å². The monoisotopic (exact) mass is 461 g/mol. The highest BCUT2D eigenvalue weighted by molar-refractivity contribution is 6.32. The molecule has 1 aromatic heterocycles. The van der Waals surface area contributed by atoms with E-state index in [1.807, 2.05) is 25.1 Å². The average molecular weight is 462 g/mol. The molecule has 0 aliphatic heterocycles. The van der Waals surface area contributed by atoms with Gasteiger partial charge in [-0.25, -0.2) is 0 Å². The molecule has 0 radical (unpaired) electrons. The molecule has 166 valence electrons. The Bertz CT molecular complexity index is 1430. The van der Waals surface area contributed by atoms with Gasteiger partial charge in [0, 0.05) is 21.8 Å². The zero-order valence-corrected chi connectivity index (χ0v) is 18.7. The van der Waals surface area contributed by atoms with Crippen molar-refractivity contribution in [3.63, 3.8) is 0 Å². The summed E-state index contributed by atoms with van der Waals surface area (Å²) in [6, 6.07) is 18.8. The Labute approximate surface area is 194 Å². The minimum Gasteiger partial charge on any atom is -0.476 e. The highest BCUT2D eigenvalue weighted by Crippen LogP contribution is 2.32. The fourth-order valence-electron chi connectivity index (χ4n) is 3.36. The second kappa shape index (κ2) is 9.30. The van der Waals surface area contributed by atoms with E-state index in [0.717, 1.165) is 5.56 Å². The van der Waals surface area contributed by atoms with Gasteiger partial charge in [-0.2, -0.15) is 0 Å². The van der Waals surface area contributed by atoms with Crippen molar-refractivity contribution in [2.45, 2.75) is 13.8 Å². The molecule has 0 saturated carbocycles. The maximum Gasteiger partial charge on any atom is 0.262 e. The SMILES string of the molecule is CC(=O)c1cccc(NC(=O)COc2c(-c3ccccc3)oc3cc(C)c(Cl)cc3c2=O)c1. The molecule has 33 heavy (non-hydrogen) atoms. The van der Waals surface area contributed by atoms with Crippen molar-refractivity contribution < 1.29 is 18.7 Å². The van der Waals surface area contributed by atoms with Crippen LogP contribution in [0.5, 0.6) is 5.75 Å². The minimum atomic E-state index is -0.490. The van der Waals surface area contributed by atoms with Crippen LogP contribution >= 0.6 is 11.6 Å². The zero-order valence-electron chi connectivity index (χ0n) is 18.0. The lowest BCUT2D eigenvalue weighted by atomic mass is 10.1. The first-order valence-electron chi connectivity index (χ1n) is 10.2. The number of hydrogen-bond donors (Lipinski definition) is 1. The van der Waals surface area contributed by atoms with Crippen molar-refractivity contribution in [2.75, 3.05) is 11.9 Å². The van der Waals surface area contributed by atoms with Gasteiger partial charge < -0.3 is 14.5 Å². The third kappa shape index (κ3) is 4.81. The van der Waals surface area contributed by atoms with E-state index in [1.54, 1.807) is 42.5 Å². The molecule has 4 aromatic rings. The van der Waals surface area contributed by atoms with Crippen molar-refractivity contribution in [3.8, 4) is 17.1 Å². The van der Waals surface area contributed by atoms with Gasteiger partial charge in [0.1, 0.15) is 5.58 Å². The summed E-state index contributed by atoms with van der Waals surface area (Å²) in [6.07, 6.45) is 0. The van der Waals surface area contributed by atoms with E-state index < -0.39 is 17.9 Å². The van der Waals surface area contributed by atoms with Crippen LogP contribution in [-0.2, 0) is 4.79 Å². The lowest BCUT2D eigenvalue weighted by Crippen LogP contribution is -2.22. The molecule has 0 saturated heterocycles. The average Bonchev–Trinajstić information content (AvgIpc) is 2.80. The number of carbonyl (C=O) groups excluding carboxylic acids is 2. The summed E-state index contributed by atoms with van der Waals surface area (Å²) in [7, 11) is 0. The number of amides is 1. The van der Waals surface area contributed by atoms with Gasteiger partial charge >= 0.3 is 0 Å². The highest BCUT2D eigenvalue weighted by atomic mass is 35.5. The molecule has 0 atom stereocenters. The Balaban J connectivity index is 1.67. The van der Waals surface area contributed by atoms with E-state index in [0.29, 0.717) is 27.4 Å². The predicted octanol–water partition coefficient (Wildman–Crippen LogP) is 5.64. The van der Waals surface area contributed by atoms with E-state index in [1.165, 1.54) is 13.0 Å². The van der Waals surface area contributed by atoms with Crippen LogP contribution in [0.4, 0.5) is 5.69 Å². The third-order valence-electron chi connectivity index (χ3n) is 5.07. The Morgan fingerprint density at radius 2 is 1.79 bits per heavy atom. The molecule has 0 bridgehead atoms. The van der Waals surface area contributed by atoms with Gasteiger partial charge in [0.15, 0.2) is 18.2 Å². The standard InChI is InChI=1S/C26H20ClNO5/c1-15-11-22-20(13-21(15)27)24(31)26(25(33-22)17-7-4-3-5-8-17)32-14-23(30)28-19-10-6-9-18(12-19)16(2)29/h3-13H,14H2,1-2H3,(H,28,30). The Hall–Kier alpha value is -3.90. The van der Waals surface area contributed by atoms with Crippen LogP contribution in [0, 0.1) is 6.92 Å². The third-order valence-corrected chi connectivity index (χ3v) is 5.47. The molecule has 6 nitrogen and oxygen atoms in total. The molecule has 7 heteroatoms. The van der Waals surface area contributed by atoms with Crippen molar-refractivity contribution in [1.29, 1.82) is 0 Å². The highest BCUT2D eigenvalue weighted by Gasteiger charge is 2.20. The number of aryl methyl sites for hydroxylation is 1. The van der Waals surface area contributed by atoms with E-state index in [-0.39, 0.29) is 22.7 Å². The molecular weight excluding hydrogens is 442 g/mol. The number of ether oxygens (including phenoxy) is 1. The van der Waals surface area contributed by atoms with Gasteiger partial charge in [-0.1, -0.05) is 54.1 Å². The molecule has 1 N–H and O–H groups in total. The summed E-state index contributed by atoms with van der Waals surface area (Å²) in [6.45, 7) is 2.84. The van der Waals surface area contributed by atoms with Gasteiger partial charge in [0.25, 0.3) is 5.91 Å². The second-order valence-corrected chi connectivity index (χ2v) is 7.93. The Kier molecular flexibility index (Phi) is 6.29. The van der Waals surface area contributed by atoms with Crippen LogP contribution in [0.15, 0.2) is 75.9 Å². The Morgan fingerprint density at radius 1 is 1.03 bits per heavy atom. The smallest absolute Gasteiger partial charge is 0.262 e. The van der Waals surface area contributed by atoms with Crippen LogP contribution < -0.4 is 15.5 Å². The summed E-state index contributed by atoms with van der Waals surface area (Å²) < 4.78 is 11.7. The number of anilines is 1. The number of fused-ring (bicyclic) bond motifs is 1. The maximum absolute atomic E-state index is 13.3. The number of Topliss-reactive ketones (excluding diaryl/α,β-unsaturated/α-hetero) is 1. The number of carbonyl (C=O) groups is 2. The maximum atomic E-state index is 13.3. The van der Waals surface area contributed by atoms with E-state index >= 15 is 0 Å². The lowest BCUT2D eigenvalue weighted by Gasteiger charge is -2.13. The summed E-state index contributed by atoms with van der Waals surface area (Å²) in [5, 5.41) is 3.36. The summed E-state index contributed by atoms with van der Waals surface area (Å²) in [5.41, 5.74) is 2.28. The van der Waals surface area contributed by atoms with Crippen molar-refractivity contribution in [3.05, 3.63) is 93.1 Å². The molecule has 0 fully saturated rings. The normalized spacial score (nSPS) is 10.8. The van der Waals surface area contributed by atoms with Crippen molar-refractivity contribution in [1.82, 2.24) is 0 Å². The van der Waals surface area contributed by atoms with Crippen LogP contribution in [0.1, 0.15) is 22.8 Å². The van der Waals surface area contributed by atoms with E-state index in [9.17, 15) is 14.4 Å². The van der Waals surface area contributed by atoms with Gasteiger partial charge in [0.2, 0.25) is 11.2 Å². The van der Waals surface area contributed by atoms with Crippen LogP contribution in [0.3, 0.4) is 0 Å². The number of nitrogens with one attached hydrogen (secondary N) is 1. The molecule has 3 aromatic carbocycles. The first-order valence-corrected chi connectivity index (χ1v) is 10.6. The van der Waals surface area contributed by atoms with Gasteiger partial charge in [-0.05, 0) is 43.7 Å². The molecule has 0 spiro atoms. The second-order valence-electron chi connectivity index (χ2n) is 7.53. The summed E-state index contributed by atoms with van der Waals surface area (Å²) in [4.78, 5) is 37.3. The molecule has 1 amide bonds. The summed E-state index contributed by atoms with van der Waals surface area (Å²) in [5.74, 6) is -0.462. The summed E-state index contributed by atoms with van der Waals surface area (Å²) >= 11 is 6.21. The van der Waals surface area contributed by atoms with E-state index in [4.69, 9.17) is 20.8 Å². The fourth-order valence-corrected chi connectivity index (χ4v) is 3.52. The zero-order chi connectivity index (χ0) is 23.5. The number of halogens is 1. The van der Waals surface area contributed by atoms with Crippen molar-refractivity contribution in [2.24, 2.45) is 0 Å². The van der Waals surface area contributed by atoms with Crippen LogP contribution in [0.25, 0.3) is 22.3 Å². The van der Waals surface area contributed by atoms with Crippen LogP contribution in [0.2, 0.25) is 5.02 Å². The number of ketones is 1. The van der Waals surface area contributed by atoms with E-state index in [2.05, 4.69) is 5.32 Å². The first-order chi connectivity index (χ1) is 15.8. The fraction of sp³-hybridized carbons (Fsp3) is 0.115. The Morgan fingerprint density at radius 3 is 2.52 bits per heavy atom. The number of hydrogen-bond acceptors (Lipinski definition) is 5. The molecule has 4 rings (SSSR count). The number of rotatable bonds is 6. The number of benzene rings is 3. The predicted molar refractivity (Wildman–Crippen MR) is 128 cm³/mol. The van der Waals surface area contributed by atoms with Gasteiger partial charge in [-0.15, -0.1) is 0 Å². The molecule has 1 heterocycles. The minimum absolute atomic E-state index is 0.0822. The quantitative estimate of drug-likeness (QED) is 0.375. The molecular formula is C26H20ClNO5. The lowest BCUT2D eigenvalue weighted by molar-refractivity contribution is -0.118.